The van der Waals surface area contributed by atoms with Gasteiger partial charge in [0.2, 0.25) is 0 Å². The van der Waals surface area contributed by atoms with E-state index in [1.165, 1.54) is 0 Å². The molecule has 0 atom stereocenters. The summed E-state index contributed by atoms with van der Waals surface area (Å²) >= 11 is 0. The molecule has 4 heterocycles. The van der Waals surface area contributed by atoms with Crippen molar-refractivity contribution in [2.24, 2.45) is 0 Å². The van der Waals surface area contributed by atoms with Gasteiger partial charge in [0, 0.05) is 25.5 Å². The van der Waals surface area contributed by atoms with Crippen LogP contribution in [0.4, 0.5) is 0 Å². The van der Waals surface area contributed by atoms with Gasteiger partial charge >= 0.3 is 23.9 Å². The van der Waals surface area contributed by atoms with Crippen molar-refractivity contribution in [3.63, 3.8) is 0 Å². The molecule has 0 saturated heterocycles. The first-order chi connectivity index (χ1) is 26.8. The normalized spacial score (nSPS) is 12.4. The van der Waals surface area contributed by atoms with Crippen molar-refractivity contribution in [3.05, 3.63) is 72.3 Å². The van der Waals surface area contributed by atoms with Crippen LogP contribution in [0.15, 0.2) is 60.9 Å². The summed E-state index contributed by atoms with van der Waals surface area (Å²) in [7, 11) is 0. The fourth-order valence-electron chi connectivity index (χ4n) is 5.55. The molecule has 0 fully saturated rings. The smallest absolute Gasteiger partial charge is 0.320 e. The largest absolute Gasteiger partial charge is 0.459 e. The molecule has 0 aliphatic carbocycles. The van der Waals surface area contributed by atoms with Crippen molar-refractivity contribution >= 4 is 23.9 Å². The molecule has 0 aliphatic heterocycles. The highest BCUT2D eigenvalue weighted by Crippen LogP contribution is 2.20. The number of rotatable bonds is 15. The number of ether oxygens (including phenoxy) is 4. The topological polar surface area (TPSA) is 173 Å². The number of hydrogen-bond donors (Lipinski definition) is 0. The lowest BCUT2D eigenvalue weighted by Gasteiger charge is -2.26. The molecule has 4 aromatic heterocycles. The lowest BCUT2D eigenvalue weighted by molar-refractivity contribution is -0.162. The molecule has 16 heteroatoms. The van der Waals surface area contributed by atoms with E-state index in [-0.39, 0.29) is 39.3 Å². The Balaban J connectivity index is 1.50. The van der Waals surface area contributed by atoms with E-state index in [1.807, 2.05) is 36.4 Å². The van der Waals surface area contributed by atoms with Gasteiger partial charge in [-0.05, 0) is 119 Å². The number of carbonyl (C=O) groups excluding carboxylic acids is 4. The highest BCUT2D eigenvalue weighted by atomic mass is 16.6. The molecule has 4 aromatic rings. The number of carbonyl (C=O) groups is 4. The molecule has 0 unspecified atom stereocenters. The minimum Gasteiger partial charge on any atom is -0.459 e. The van der Waals surface area contributed by atoms with Crippen molar-refractivity contribution in [3.8, 4) is 23.0 Å². The molecule has 0 saturated carbocycles. The molecule has 0 aromatic carbocycles. The zero-order valence-corrected chi connectivity index (χ0v) is 35.9. The SMILES string of the molecule is CC(C)(C)OC(=O)CN(CC(=O)OC(C)(C)C)Cc1ccn(-c2cccc(-c3cccc(-n4ccc(CN(CC(=O)OC(C)(C)C)CC(=O)OC(C)(C)C)n4)n3)n2)n1. The van der Waals surface area contributed by atoms with E-state index >= 15 is 0 Å². The molecule has 58 heavy (non-hydrogen) atoms. The number of esters is 4. The summed E-state index contributed by atoms with van der Waals surface area (Å²) < 4.78 is 25.3. The van der Waals surface area contributed by atoms with E-state index in [0.717, 1.165) is 0 Å². The molecule has 0 radical (unpaired) electrons. The fourth-order valence-corrected chi connectivity index (χ4v) is 5.55. The second-order valence-corrected chi connectivity index (χ2v) is 17.9. The van der Waals surface area contributed by atoms with Gasteiger partial charge in [0.1, 0.15) is 22.4 Å². The van der Waals surface area contributed by atoms with Gasteiger partial charge in [-0.25, -0.2) is 19.3 Å². The van der Waals surface area contributed by atoms with Crippen LogP contribution >= 0.6 is 0 Å². The van der Waals surface area contributed by atoms with Gasteiger partial charge in [-0.2, -0.15) is 10.2 Å². The lowest BCUT2D eigenvalue weighted by atomic mass is 10.2. The van der Waals surface area contributed by atoms with Gasteiger partial charge in [-0.1, -0.05) is 12.1 Å². The van der Waals surface area contributed by atoms with Crippen LogP contribution in [-0.2, 0) is 51.2 Å². The van der Waals surface area contributed by atoms with Gasteiger partial charge < -0.3 is 18.9 Å². The second kappa shape index (κ2) is 18.4. The van der Waals surface area contributed by atoms with Gasteiger partial charge in [0.15, 0.2) is 11.6 Å². The van der Waals surface area contributed by atoms with E-state index in [4.69, 9.17) is 39.1 Å². The van der Waals surface area contributed by atoms with Crippen molar-refractivity contribution in [2.45, 2.75) is 119 Å². The highest BCUT2D eigenvalue weighted by Gasteiger charge is 2.26. The van der Waals surface area contributed by atoms with Crippen LogP contribution in [0.3, 0.4) is 0 Å². The average molecular weight is 803 g/mol. The molecule has 0 N–H and O–H groups in total. The summed E-state index contributed by atoms with van der Waals surface area (Å²) in [6.45, 7) is 21.3. The first-order valence-electron chi connectivity index (χ1n) is 19.2. The molecular formula is C42H58N8O8. The van der Waals surface area contributed by atoms with Gasteiger partial charge in [0.05, 0.1) is 49.0 Å². The van der Waals surface area contributed by atoms with E-state index in [2.05, 4.69) is 0 Å². The summed E-state index contributed by atoms with van der Waals surface area (Å²) in [5.41, 5.74) is -0.352. The predicted octanol–water partition coefficient (Wildman–Crippen LogP) is 5.49. The third-order valence-corrected chi connectivity index (χ3v) is 7.35. The first kappa shape index (κ1) is 45.2. The fraction of sp³-hybridized carbons (Fsp3) is 0.524. The van der Waals surface area contributed by atoms with Crippen LogP contribution in [0.25, 0.3) is 23.0 Å². The predicted molar refractivity (Wildman–Crippen MR) is 216 cm³/mol. The summed E-state index contributed by atoms with van der Waals surface area (Å²) in [5, 5.41) is 9.38. The van der Waals surface area contributed by atoms with Gasteiger partial charge in [0.25, 0.3) is 0 Å². The minimum atomic E-state index is -0.681. The number of aromatic nitrogens is 6. The lowest BCUT2D eigenvalue weighted by Crippen LogP contribution is -2.39. The third-order valence-electron chi connectivity index (χ3n) is 7.35. The molecule has 4 rings (SSSR count). The third kappa shape index (κ3) is 15.8. The van der Waals surface area contributed by atoms with Gasteiger partial charge in [-0.3, -0.25) is 29.0 Å². The Labute approximate surface area is 340 Å². The average Bonchev–Trinajstić information content (AvgIpc) is 3.71. The van der Waals surface area contributed by atoms with Gasteiger partial charge in [-0.15, -0.1) is 0 Å². The highest BCUT2D eigenvalue weighted by molar-refractivity contribution is 5.76. The summed E-state index contributed by atoms with van der Waals surface area (Å²) in [6.07, 6.45) is 3.51. The zero-order chi connectivity index (χ0) is 43.1. The van der Waals surface area contributed by atoms with Crippen LogP contribution in [-0.4, -0.2) is 112 Å². The minimum absolute atomic E-state index is 0.132. The van der Waals surface area contributed by atoms with E-state index in [1.54, 1.807) is 127 Å². The molecule has 314 valence electrons. The maximum Gasteiger partial charge on any atom is 0.320 e. The maximum atomic E-state index is 12.7. The summed E-state index contributed by atoms with van der Waals surface area (Å²) in [4.78, 5) is 63.8. The molecular weight excluding hydrogens is 745 g/mol. The van der Waals surface area contributed by atoms with Crippen LogP contribution in [0.2, 0.25) is 0 Å². The molecule has 0 amide bonds. The number of pyridine rings is 2. The Hall–Kier alpha value is -5.48. The van der Waals surface area contributed by atoms with E-state index < -0.39 is 46.3 Å². The van der Waals surface area contributed by atoms with Crippen LogP contribution in [0, 0.1) is 0 Å². The van der Waals surface area contributed by atoms with Crippen molar-refractivity contribution in [1.82, 2.24) is 39.3 Å². The number of nitrogens with zero attached hydrogens (tertiary/aromatic N) is 8. The van der Waals surface area contributed by atoms with Crippen molar-refractivity contribution in [2.75, 3.05) is 26.2 Å². The van der Waals surface area contributed by atoms with E-state index in [9.17, 15) is 19.2 Å². The molecule has 0 bridgehead atoms. The van der Waals surface area contributed by atoms with Crippen LogP contribution in [0.1, 0.15) is 94.5 Å². The zero-order valence-electron chi connectivity index (χ0n) is 35.9. The summed E-state index contributed by atoms with van der Waals surface area (Å²) in [6, 6.07) is 14.6. The van der Waals surface area contributed by atoms with E-state index in [0.29, 0.717) is 34.4 Å². The summed E-state index contributed by atoms with van der Waals surface area (Å²) in [5.74, 6) is -0.821. The molecule has 0 aliphatic rings. The maximum absolute atomic E-state index is 12.7. The molecule has 16 nitrogen and oxygen atoms in total. The number of hydrogen-bond acceptors (Lipinski definition) is 14. The monoisotopic (exact) mass is 802 g/mol. The standard InChI is InChI=1S/C42H58N8O8/c1-39(2,3)55-35(51)25-47(26-36(52)56-40(4,5)6)23-29-19-21-49(45-29)33-17-13-15-31(43-33)32-16-14-18-34(44-32)50-22-20-30(46-50)24-48(27-37(53)57-41(7,8)9)28-38(54)58-42(10,11)12/h13-22H,23-28H2,1-12H3. The Morgan fingerprint density at radius 2 is 0.776 bits per heavy atom. The second-order valence-electron chi connectivity index (χ2n) is 17.9. The first-order valence-corrected chi connectivity index (χ1v) is 19.2. The Morgan fingerprint density at radius 3 is 1.05 bits per heavy atom. The Bertz CT molecular complexity index is 1840. The van der Waals surface area contributed by atoms with Crippen LogP contribution < -0.4 is 0 Å². The Morgan fingerprint density at radius 1 is 0.483 bits per heavy atom. The van der Waals surface area contributed by atoms with Crippen molar-refractivity contribution in [1.29, 1.82) is 0 Å². The Kier molecular flexibility index (Phi) is 14.4. The van der Waals surface area contributed by atoms with Crippen LogP contribution in [0.5, 0.6) is 0 Å². The molecule has 0 spiro atoms. The quantitative estimate of drug-likeness (QED) is 0.109. The van der Waals surface area contributed by atoms with Crippen molar-refractivity contribution < 1.29 is 38.1 Å².